The van der Waals surface area contributed by atoms with Gasteiger partial charge in [0.2, 0.25) is 5.91 Å². The van der Waals surface area contributed by atoms with Crippen molar-refractivity contribution in [3.05, 3.63) is 48.3 Å². The minimum absolute atomic E-state index is 0.0376. The van der Waals surface area contributed by atoms with Crippen LogP contribution in [-0.2, 0) is 4.79 Å². The lowest BCUT2D eigenvalue weighted by molar-refractivity contribution is -0.126. The summed E-state index contributed by atoms with van der Waals surface area (Å²) in [6, 6.07) is 6.28. The third-order valence-corrected chi connectivity index (χ3v) is 4.85. The summed E-state index contributed by atoms with van der Waals surface area (Å²) >= 11 is 0. The zero-order valence-corrected chi connectivity index (χ0v) is 14.6. The molecule has 1 atom stereocenters. The molecule has 1 unspecified atom stereocenters. The van der Waals surface area contributed by atoms with Crippen LogP contribution in [0.3, 0.4) is 0 Å². The third-order valence-electron chi connectivity index (χ3n) is 4.85. The number of halogens is 1. The molecule has 1 aliphatic carbocycles. The summed E-state index contributed by atoms with van der Waals surface area (Å²) in [4.78, 5) is 14.6. The van der Waals surface area contributed by atoms with Crippen LogP contribution >= 0.6 is 0 Å². The van der Waals surface area contributed by atoms with Gasteiger partial charge in [-0.25, -0.2) is 4.39 Å². The highest BCUT2D eigenvalue weighted by Crippen LogP contribution is 2.28. The summed E-state index contributed by atoms with van der Waals surface area (Å²) < 4.78 is 15.2. The van der Waals surface area contributed by atoms with Crippen LogP contribution < -0.4 is 5.32 Å². The van der Waals surface area contributed by atoms with Crippen LogP contribution in [0.1, 0.15) is 43.3 Å². The Morgan fingerprint density at radius 3 is 2.32 bits per heavy atom. The Balaban J connectivity index is 1.59. The first-order chi connectivity index (χ1) is 12.0. The van der Waals surface area contributed by atoms with Crippen molar-refractivity contribution >= 4 is 5.91 Å². The maximum atomic E-state index is 13.2. The summed E-state index contributed by atoms with van der Waals surface area (Å²) in [6.07, 6.45) is 7.34. The number of hydrogen-bond acceptors (Lipinski definition) is 4. The number of hydrogen-bond donors (Lipinski definition) is 1. The van der Waals surface area contributed by atoms with E-state index in [1.165, 1.54) is 12.1 Å². The van der Waals surface area contributed by atoms with Crippen LogP contribution in [0.15, 0.2) is 36.9 Å². The molecule has 25 heavy (non-hydrogen) atoms. The normalized spacial score (nSPS) is 21.9. The SMILES string of the molecule is CN(C)C(C(=O)NC1CCC(n2cnnc2)CC1)c1ccc(F)cc1. The van der Waals surface area contributed by atoms with E-state index < -0.39 is 6.04 Å². The molecule has 1 saturated carbocycles. The second kappa shape index (κ2) is 7.74. The summed E-state index contributed by atoms with van der Waals surface area (Å²) in [6.45, 7) is 0. The van der Waals surface area contributed by atoms with E-state index in [0.29, 0.717) is 6.04 Å². The average Bonchev–Trinajstić information content (AvgIpc) is 3.12. The van der Waals surface area contributed by atoms with E-state index >= 15 is 0 Å². The third kappa shape index (κ3) is 4.22. The minimum Gasteiger partial charge on any atom is -0.352 e. The Labute approximate surface area is 147 Å². The molecule has 0 saturated heterocycles. The Bertz CT molecular complexity index is 678. The maximum absolute atomic E-state index is 13.2. The highest BCUT2D eigenvalue weighted by Gasteiger charge is 2.28. The maximum Gasteiger partial charge on any atom is 0.242 e. The predicted molar refractivity (Wildman–Crippen MR) is 92.3 cm³/mol. The Kier molecular flexibility index (Phi) is 5.43. The molecule has 2 aromatic rings. The number of carbonyl (C=O) groups is 1. The van der Waals surface area contributed by atoms with Gasteiger partial charge in [0.05, 0.1) is 0 Å². The van der Waals surface area contributed by atoms with Crippen molar-refractivity contribution in [1.29, 1.82) is 0 Å². The minimum atomic E-state index is -0.420. The average molecular weight is 345 g/mol. The molecule has 0 radical (unpaired) electrons. The first-order valence-electron chi connectivity index (χ1n) is 8.61. The molecule has 1 aromatic carbocycles. The van der Waals surface area contributed by atoms with Gasteiger partial charge in [-0.15, -0.1) is 10.2 Å². The topological polar surface area (TPSA) is 63.1 Å². The quantitative estimate of drug-likeness (QED) is 0.903. The number of likely N-dealkylation sites (N-methyl/N-ethyl adjacent to an activating group) is 1. The van der Waals surface area contributed by atoms with E-state index in [2.05, 4.69) is 15.5 Å². The molecule has 1 heterocycles. The first kappa shape index (κ1) is 17.5. The van der Waals surface area contributed by atoms with Crippen LogP contribution in [-0.4, -0.2) is 45.7 Å². The number of rotatable bonds is 5. The molecule has 1 N–H and O–H groups in total. The van der Waals surface area contributed by atoms with Crippen LogP contribution in [0.4, 0.5) is 4.39 Å². The van der Waals surface area contributed by atoms with E-state index in [1.807, 2.05) is 23.6 Å². The molecule has 134 valence electrons. The number of carbonyl (C=O) groups excluding carboxylic acids is 1. The lowest BCUT2D eigenvalue weighted by atomic mass is 9.90. The van der Waals surface area contributed by atoms with Gasteiger partial charge in [-0.1, -0.05) is 12.1 Å². The van der Waals surface area contributed by atoms with Gasteiger partial charge in [0.1, 0.15) is 24.5 Å². The van der Waals surface area contributed by atoms with Gasteiger partial charge in [-0.2, -0.15) is 0 Å². The Hall–Kier alpha value is -2.28. The van der Waals surface area contributed by atoms with Gasteiger partial charge in [0.25, 0.3) is 0 Å². The largest absolute Gasteiger partial charge is 0.352 e. The van der Waals surface area contributed by atoms with Crippen molar-refractivity contribution < 1.29 is 9.18 Å². The number of nitrogens with zero attached hydrogens (tertiary/aromatic N) is 4. The Morgan fingerprint density at radius 1 is 1.16 bits per heavy atom. The molecule has 6 nitrogen and oxygen atoms in total. The van der Waals surface area contributed by atoms with E-state index in [-0.39, 0.29) is 17.8 Å². The molecule has 0 bridgehead atoms. The molecule has 1 fully saturated rings. The Morgan fingerprint density at radius 2 is 1.76 bits per heavy atom. The molecule has 0 aliphatic heterocycles. The van der Waals surface area contributed by atoms with E-state index in [0.717, 1.165) is 31.2 Å². The second-order valence-electron chi connectivity index (χ2n) is 6.84. The van der Waals surface area contributed by atoms with E-state index in [1.54, 1.807) is 24.8 Å². The van der Waals surface area contributed by atoms with Gasteiger partial charge in [0, 0.05) is 12.1 Å². The number of aromatic nitrogens is 3. The molecular formula is C18H24FN5O. The van der Waals surface area contributed by atoms with Crippen LogP contribution in [0.2, 0.25) is 0 Å². The summed E-state index contributed by atoms with van der Waals surface area (Å²) in [5, 5.41) is 10.9. The highest BCUT2D eigenvalue weighted by molar-refractivity contribution is 5.83. The predicted octanol–water partition coefficient (Wildman–Crippen LogP) is 2.32. The molecule has 1 aliphatic rings. The van der Waals surface area contributed by atoms with Gasteiger partial charge in [-0.05, 0) is 57.5 Å². The monoisotopic (exact) mass is 345 g/mol. The van der Waals surface area contributed by atoms with E-state index in [4.69, 9.17) is 0 Å². The van der Waals surface area contributed by atoms with Crippen LogP contribution in [0.25, 0.3) is 0 Å². The fourth-order valence-corrected chi connectivity index (χ4v) is 3.52. The van der Waals surface area contributed by atoms with Crippen LogP contribution in [0.5, 0.6) is 0 Å². The number of benzene rings is 1. The molecule has 1 amide bonds. The first-order valence-corrected chi connectivity index (χ1v) is 8.61. The smallest absolute Gasteiger partial charge is 0.242 e. The summed E-state index contributed by atoms with van der Waals surface area (Å²) in [5.74, 6) is -0.335. The molecule has 7 heteroatoms. The standard InChI is InChI=1S/C18H24FN5O/c1-23(2)17(13-3-5-14(19)6-4-13)18(25)22-15-7-9-16(10-8-15)24-11-20-21-12-24/h3-6,11-12,15-17H,7-10H2,1-2H3,(H,22,25). The van der Waals surface area contributed by atoms with Crippen molar-refractivity contribution in [3.63, 3.8) is 0 Å². The molecule has 0 spiro atoms. The van der Waals surface area contributed by atoms with Crippen molar-refractivity contribution in [2.24, 2.45) is 0 Å². The molecule has 3 rings (SSSR count). The van der Waals surface area contributed by atoms with E-state index in [9.17, 15) is 9.18 Å². The fraction of sp³-hybridized carbons (Fsp3) is 0.500. The van der Waals surface area contributed by atoms with Gasteiger partial charge < -0.3 is 9.88 Å². The molecular weight excluding hydrogens is 321 g/mol. The van der Waals surface area contributed by atoms with Crippen molar-refractivity contribution in [3.8, 4) is 0 Å². The fourth-order valence-electron chi connectivity index (χ4n) is 3.52. The molecule has 1 aromatic heterocycles. The zero-order valence-electron chi connectivity index (χ0n) is 14.6. The van der Waals surface area contributed by atoms with Crippen molar-refractivity contribution in [2.75, 3.05) is 14.1 Å². The van der Waals surface area contributed by atoms with Crippen molar-refractivity contribution in [2.45, 2.75) is 43.8 Å². The number of amides is 1. The van der Waals surface area contributed by atoms with Gasteiger partial charge in [0.15, 0.2) is 0 Å². The van der Waals surface area contributed by atoms with Crippen LogP contribution in [0, 0.1) is 5.82 Å². The summed E-state index contributed by atoms with van der Waals surface area (Å²) in [5.41, 5.74) is 0.794. The summed E-state index contributed by atoms with van der Waals surface area (Å²) in [7, 11) is 3.72. The van der Waals surface area contributed by atoms with Crippen molar-refractivity contribution in [1.82, 2.24) is 25.0 Å². The lowest BCUT2D eigenvalue weighted by Gasteiger charge is -2.32. The van der Waals surface area contributed by atoms with Gasteiger partial charge in [-0.3, -0.25) is 9.69 Å². The highest BCUT2D eigenvalue weighted by atomic mass is 19.1. The van der Waals surface area contributed by atoms with Gasteiger partial charge >= 0.3 is 0 Å². The number of nitrogens with one attached hydrogen (secondary N) is 1. The zero-order chi connectivity index (χ0) is 17.8. The second-order valence-corrected chi connectivity index (χ2v) is 6.84. The lowest BCUT2D eigenvalue weighted by Crippen LogP contribution is -2.43.